The number of halogens is 4. The van der Waals surface area contributed by atoms with Gasteiger partial charge < -0.3 is 10.6 Å². The zero-order valence-corrected chi connectivity index (χ0v) is 13.0. The fourth-order valence-corrected chi connectivity index (χ4v) is 2.91. The Hall–Kier alpha value is -0.820. The summed E-state index contributed by atoms with van der Waals surface area (Å²) in [5.74, 6) is 0. The minimum absolute atomic E-state index is 0.0313. The minimum atomic E-state index is -4.42. The van der Waals surface area contributed by atoms with Crippen molar-refractivity contribution in [1.82, 2.24) is 5.32 Å². The first-order valence-corrected chi connectivity index (χ1v) is 7.50. The minimum Gasteiger partial charge on any atom is -0.360 e. The quantitative estimate of drug-likeness (QED) is 0.742. The highest BCUT2D eigenvalue weighted by molar-refractivity contribution is 9.10. The van der Waals surface area contributed by atoms with Crippen LogP contribution in [0.4, 0.5) is 18.9 Å². The van der Waals surface area contributed by atoms with Crippen molar-refractivity contribution in [2.75, 3.05) is 5.32 Å². The maximum absolute atomic E-state index is 13.0. The van der Waals surface area contributed by atoms with Gasteiger partial charge in [0.2, 0.25) is 0 Å². The average Bonchev–Trinajstić information content (AvgIpc) is 2.82. The molecule has 0 saturated heterocycles. The standard InChI is InChI=1S/C13H14BrF3N2S/c14-8-5-6-11(10(7-8)13(15,16)17)19-12(20)18-9-3-1-2-4-9/h5-7,9H,1-4H2,(H2,18,19,20). The van der Waals surface area contributed by atoms with Crippen molar-refractivity contribution in [3.05, 3.63) is 28.2 Å². The van der Waals surface area contributed by atoms with Crippen LogP contribution in [0.25, 0.3) is 0 Å². The van der Waals surface area contributed by atoms with E-state index in [2.05, 4.69) is 26.6 Å². The molecule has 1 saturated carbocycles. The third kappa shape index (κ3) is 4.09. The lowest BCUT2D eigenvalue weighted by atomic mass is 10.1. The monoisotopic (exact) mass is 366 g/mol. The smallest absolute Gasteiger partial charge is 0.360 e. The Balaban J connectivity index is 2.10. The van der Waals surface area contributed by atoms with Crippen LogP contribution in [0.5, 0.6) is 0 Å². The topological polar surface area (TPSA) is 24.1 Å². The second-order valence-electron chi connectivity index (χ2n) is 4.77. The van der Waals surface area contributed by atoms with E-state index in [9.17, 15) is 13.2 Å². The number of alkyl halides is 3. The van der Waals surface area contributed by atoms with E-state index in [4.69, 9.17) is 12.2 Å². The SMILES string of the molecule is FC(F)(F)c1cc(Br)ccc1NC(=S)NC1CCCC1. The first-order valence-electron chi connectivity index (χ1n) is 6.30. The molecule has 1 aromatic carbocycles. The summed E-state index contributed by atoms with van der Waals surface area (Å²) in [6.07, 6.45) is -0.142. The zero-order valence-electron chi connectivity index (χ0n) is 10.6. The molecule has 20 heavy (non-hydrogen) atoms. The largest absolute Gasteiger partial charge is 0.418 e. The van der Waals surface area contributed by atoms with Crippen molar-refractivity contribution in [2.45, 2.75) is 37.9 Å². The van der Waals surface area contributed by atoms with Crippen molar-refractivity contribution in [2.24, 2.45) is 0 Å². The summed E-state index contributed by atoms with van der Waals surface area (Å²) in [4.78, 5) is 0. The summed E-state index contributed by atoms with van der Waals surface area (Å²) in [7, 11) is 0. The van der Waals surface area contributed by atoms with Crippen LogP contribution in [-0.4, -0.2) is 11.2 Å². The van der Waals surface area contributed by atoms with Gasteiger partial charge >= 0.3 is 6.18 Å². The number of anilines is 1. The molecule has 1 aromatic rings. The van der Waals surface area contributed by atoms with Crippen LogP contribution in [0.1, 0.15) is 31.2 Å². The van der Waals surface area contributed by atoms with Gasteiger partial charge in [-0.15, -0.1) is 0 Å². The van der Waals surface area contributed by atoms with Crippen molar-refractivity contribution in [1.29, 1.82) is 0 Å². The van der Waals surface area contributed by atoms with Crippen LogP contribution in [-0.2, 0) is 6.18 Å². The summed E-state index contributed by atoms with van der Waals surface area (Å²) < 4.78 is 39.3. The van der Waals surface area contributed by atoms with Crippen LogP contribution in [0, 0.1) is 0 Å². The number of thiocarbonyl (C=S) groups is 1. The molecule has 0 atom stereocenters. The van der Waals surface area contributed by atoms with E-state index in [1.54, 1.807) is 6.07 Å². The predicted molar refractivity (Wildman–Crippen MR) is 80.8 cm³/mol. The number of hydrogen-bond donors (Lipinski definition) is 2. The molecule has 2 rings (SSSR count). The molecular weight excluding hydrogens is 353 g/mol. The van der Waals surface area contributed by atoms with Gasteiger partial charge in [0, 0.05) is 10.5 Å². The molecule has 0 radical (unpaired) electrons. The van der Waals surface area contributed by atoms with Gasteiger partial charge in [0.05, 0.1) is 11.3 Å². The zero-order chi connectivity index (χ0) is 14.8. The lowest BCUT2D eigenvalue weighted by Gasteiger charge is -2.18. The summed E-state index contributed by atoms with van der Waals surface area (Å²) in [5, 5.41) is 5.95. The molecule has 0 heterocycles. The third-order valence-electron chi connectivity index (χ3n) is 3.23. The van der Waals surface area contributed by atoms with Crippen LogP contribution < -0.4 is 10.6 Å². The molecule has 0 aliphatic heterocycles. The van der Waals surface area contributed by atoms with Crippen LogP contribution >= 0.6 is 28.1 Å². The highest BCUT2D eigenvalue weighted by Crippen LogP contribution is 2.36. The van der Waals surface area contributed by atoms with E-state index in [0.717, 1.165) is 31.7 Å². The van der Waals surface area contributed by atoms with E-state index in [1.165, 1.54) is 6.07 Å². The normalized spacial score (nSPS) is 16.2. The molecule has 1 aliphatic carbocycles. The van der Waals surface area contributed by atoms with E-state index in [0.29, 0.717) is 4.47 Å². The molecule has 2 nitrogen and oxygen atoms in total. The summed E-state index contributed by atoms with van der Waals surface area (Å²) in [5.41, 5.74) is -0.765. The molecule has 0 spiro atoms. The lowest BCUT2D eigenvalue weighted by molar-refractivity contribution is -0.136. The molecule has 0 aromatic heterocycles. The maximum Gasteiger partial charge on any atom is 0.418 e. The Labute approximate surface area is 129 Å². The van der Waals surface area contributed by atoms with Crippen molar-refractivity contribution >= 4 is 38.9 Å². The second kappa shape index (κ2) is 6.30. The molecule has 110 valence electrons. The highest BCUT2D eigenvalue weighted by Gasteiger charge is 2.34. The van der Waals surface area contributed by atoms with Gasteiger partial charge in [-0.3, -0.25) is 0 Å². The van der Waals surface area contributed by atoms with E-state index < -0.39 is 11.7 Å². The summed E-state index contributed by atoms with van der Waals surface area (Å²) in [6, 6.07) is 4.23. The van der Waals surface area contributed by atoms with Crippen molar-refractivity contribution in [3.8, 4) is 0 Å². The molecule has 0 bridgehead atoms. The Morgan fingerprint density at radius 2 is 1.90 bits per heavy atom. The maximum atomic E-state index is 13.0. The number of nitrogens with one attached hydrogen (secondary N) is 2. The highest BCUT2D eigenvalue weighted by atomic mass is 79.9. The fourth-order valence-electron chi connectivity index (χ4n) is 2.27. The van der Waals surface area contributed by atoms with Gasteiger partial charge in [0.15, 0.2) is 5.11 Å². The lowest BCUT2D eigenvalue weighted by Crippen LogP contribution is -2.36. The Bertz CT molecular complexity index is 499. The third-order valence-corrected chi connectivity index (χ3v) is 3.94. The molecule has 7 heteroatoms. The number of rotatable bonds is 2. The molecule has 2 N–H and O–H groups in total. The van der Waals surface area contributed by atoms with Crippen LogP contribution in [0.15, 0.2) is 22.7 Å². The predicted octanol–water partition coefficient (Wildman–Crippen LogP) is 4.70. The molecular formula is C13H14BrF3N2S. The Morgan fingerprint density at radius 3 is 2.50 bits per heavy atom. The van der Waals surface area contributed by atoms with Crippen LogP contribution in [0.2, 0.25) is 0 Å². The van der Waals surface area contributed by atoms with Gasteiger partial charge in [0.1, 0.15) is 0 Å². The van der Waals surface area contributed by atoms with E-state index in [-0.39, 0.29) is 16.8 Å². The Morgan fingerprint density at radius 1 is 1.25 bits per heavy atom. The van der Waals surface area contributed by atoms with Gasteiger partial charge in [-0.25, -0.2) is 0 Å². The van der Waals surface area contributed by atoms with Crippen molar-refractivity contribution < 1.29 is 13.2 Å². The summed E-state index contributed by atoms with van der Waals surface area (Å²) in [6.45, 7) is 0. The molecule has 1 fully saturated rings. The molecule has 1 aliphatic rings. The average molecular weight is 367 g/mol. The summed E-state index contributed by atoms with van der Waals surface area (Å²) >= 11 is 8.14. The van der Waals surface area contributed by atoms with Crippen molar-refractivity contribution in [3.63, 3.8) is 0 Å². The second-order valence-corrected chi connectivity index (χ2v) is 6.09. The first kappa shape index (κ1) is 15.6. The van der Waals surface area contributed by atoms with E-state index in [1.807, 2.05) is 0 Å². The number of benzene rings is 1. The molecule has 0 amide bonds. The number of hydrogen-bond acceptors (Lipinski definition) is 1. The van der Waals surface area contributed by atoms with Gasteiger partial charge in [0.25, 0.3) is 0 Å². The Kier molecular flexibility index (Phi) is 4.90. The fraction of sp³-hybridized carbons (Fsp3) is 0.462. The molecule has 0 unspecified atom stereocenters. The van der Waals surface area contributed by atoms with Gasteiger partial charge in [-0.1, -0.05) is 28.8 Å². The van der Waals surface area contributed by atoms with Gasteiger partial charge in [-0.2, -0.15) is 13.2 Å². The van der Waals surface area contributed by atoms with E-state index >= 15 is 0 Å². The van der Waals surface area contributed by atoms with Gasteiger partial charge in [-0.05, 0) is 43.3 Å². The van der Waals surface area contributed by atoms with Crippen LogP contribution in [0.3, 0.4) is 0 Å². The first-order chi connectivity index (χ1) is 9.36.